The number of hydrogen-bond acceptors (Lipinski definition) is 3. The largest absolute Gasteiger partial charge is 0.478 e. The molecule has 1 aliphatic heterocycles. The van der Waals surface area contributed by atoms with Crippen LogP contribution in [0.25, 0.3) is 0 Å². The van der Waals surface area contributed by atoms with Gasteiger partial charge in [-0.3, -0.25) is 4.79 Å². The van der Waals surface area contributed by atoms with E-state index < -0.39 is 17.8 Å². The van der Waals surface area contributed by atoms with Crippen molar-refractivity contribution in [2.24, 2.45) is 0 Å². The predicted octanol–water partition coefficient (Wildman–Crippen LogP) is 2.44. The Labute approximate surface area is 132 Å². The van der Waals surface area contributed by atoms with Crippen molar-refractivity contribution >= 4 is 17.8 Å². The molecule has 1 aromatic carbocycles. The number of nitrogens with zero attached hydrogens (tertiary/aromatic N) is 1. The fourth-order valence-corrected chi connectivity index (χ4v) is 2.47. The summed E-state index contributed by atoms with van der Waals surface area (Å²) in [6, 6.07) is 4.30. The number of amides is 1. The topological polar surface area (TPSA) is 94.9 Å². The summed E-state index contributed by atoms with van der Waals surface area (Å²) in [4.78, 5) is 36.3. The Bertz CT molecular complexity index is 773. The minimum Gasteiger partial charge on any atom is -0.478 e. The zero-order valence-corrected chi connectivity index (χ0v) is 12.4. The Balaban J connectivity index is 2.45. The molecule has 1 amide bonds. The second-order valence-corrected chi connectivity index (χ2v) is 4.86. The molecule has 0 saturated heterocycles. The number of aliphatic carboxylic acids is 1. The number of carboxylic acid groups (broad SMARTS) is 2. The number of fused-ring (bicyclic) bond motifs is 1. The molecule has 1 aliphatic rings. The van der Waals surface area contributed by atoms with Gasteiger partial charge in [-0.1, -0.05) is 24.8 Å². The SMILES string of the molecule is C=C/C=C(C(=O)O)\C(=C/C)N1Cc2ccc(C(=O)O)cc2C1=O. The molecule has 0 bridgehead atoms. The summed E-state index contributed by atoms with van der Waals surface area (Å²) in [5.41, 5.74) is 1.13. The summed E-state index contributed by atoms with van der Waals surface area (Å²) in [6.07, 6.45) is 4.19. The van der Waals surface area contributed by atoms with Gasteiger partial charge in [0.05, 0.1) is 23.4 Å². The van der Waals surface area contributed by atoms with Crippen molar-refractivity contribution in [3.63, 3.8) is 0 Å². The lowest BCUT2D eigenvalue weighted by molar-refractivity contribution is -0.132. The summed E-state index contributed by atoms with van der Waals surface area (Å²) < 4.78 is 0. The highest BCUT2D eigenvalue weighted by Gasteiger charge is 2.32. The first-order valence-corrected chi connectivity index (χ1v) is 6.81. The number of rotatable bonds is 5. The summed E-state index contributed by atoms with van der Waals surface area (Å²) in [5, 5.41) is 18.3. The van der Waals surface area contributed by atoms with E-state index in [4.69, 9.17) is 5.11 Å². The van der Waals surface area contributed by atoms with Crippen molar-refractivity contribution in [2.45, 2.75) is 13.5 Å². The minimum absolute atomic E-state index is 0.0149. The van der Waals surface area contributed by atoms with Crippen molar-refractivity contribution in [3.8, 4) is 0 Å². The van der Waals surface area contributed by atoms with Gasteiger partial charge in [-0.05, 0) is 30.7 Å². The molecule has 1 heterocycles. The first-order valence-electron chi connectivity index (χ1n) is 6.81. The zero-order valence-electron chi connectivity index (χ0n) is 12.4. The molecule has 0 spiro atoms. The molecule has 2 N–H and O–H groups in total. The van der Waals surface area contributed by atoms with E-state index >= 15 is 0 Å². The van der Waals surface area contributed by atoms with Gasteiger partial charge in [0.2, 0.25) is 0 Å². The lowest BCUT2D eigenvalue weighted by Gasteiger charge is -2.20. The summed E-state index contributed by atoms with van der Waals surface area (Å²) in [5.74, 6) is -2.72. The third kappa shape index (κ3) is 2.91. The number of aromatic carboxylic acids is 1. The fraction of sp³-hybridized carbons (Fsp3) is 0.118. The highest BCUT2D eigenvalue weighted by Crippen LogP contribution is 2.30. The average molecular weight is 313 g/mol. The van der Waals surface area contributed by atoms with E-state index in [9.17, 15) is 19.5 Å². The van der Waals surface area contributed by atoms with Gasteiger partial charge in [0, 0.05) is 5.56 Å². The second kappa shape index (κ2) is 6.31. The molecular formula is C17H15NO5. The first kappa shape index (κ1) is 16.2. The Morgan fingerprint density at radius 2 is 2.00 bits per heavy atom. The third-order valence-corrected chi connectivity index (χ3v) is 3.52. The number of benzene rings is 1. The molecule has 6 nitrogen and oxygen atoms in total. The monoisotopic (exact) mass is 313 g/mol. The maximum absolute atomic E-state index is 12.5. The van der Waals surface area contributed by atoms with Gasteiger partial charge in [0.15, 0.2) is 0 Å². The second-order valence-electron chi connectivity index (χ2n) is 4.86. The number of hydrogen-bond donors (Lipinski definition) is 2. The number of carbonyl (C=O) groups is 3. The molecule has 0 fully saturated rings. The van der Waals surface area contributed by atoms with E-state index in [0.29, 0.717) is 5.56 Å². The van der Waals surface area contributed by atoms with E-state index in [0.717, 1.165) is 0 Å². The van der Waals surface area contributed by atoms with Crippen LogP contribution in [0.5, 0.6) is 0 Å². The lowest BCUT2D eigenvalue weighted by atomic mass is 10.1. The van der Waals surface area contributed by atoms with Gasteiger partial charge in [-0.2, -0.15) is 0 Å². The summed E-state index contributed by atoms with van der Waals surface area (Å²) in [6.45, 7) is 5.30. The maximum atomic E-state index is 12.5. The van der Waals surface area contributed by atoms with Crippen LogP contribution in [0, 0.1) is 0 Å². The Morgan fingerprint density at radius 3 is 2.52 bits per heavy atom. The van der Waals surface area contributed by atoms with Gasteiger partial charge >= 0.3 is 11.9 Å². The average Bonchev–Trinajstić information content (AvgIpc) is 2.83. The normalized spacial score (nSPS) is 14.7. The van der Waals surface area contributed by atoms with Crippen LogP contribution >= 0.6 is 0 Å². The zero-order chi connectivity index (χ0) is 17.1. The minimum atomic E-state index is -1.17. The summed E-state index contributed by atoms with van der Waals surface area (Å²) in [7, 11) is 0. The highest BCUT2D eigenvalue weighted by atomic mass is 16.4. The maximum Gasteiger partial charge on any atom is 0.337 e. The number of carbonyl (C=O) groups excluding carboxylic acids is 1. The third-order valence-electron chi connectivity index (χ3n) is 3.52. The van der Waals surface area contributed by atoms with E-state index in [1.807, 2.05) is 0 Å². The molecule has 0 unspecified atom stereocenters. The number of allylic oxidation sites excluding steroid dienone is 3. The van der Waals surface area contributed by atoms with Gasteiger partial charge < -0.3 is 15.1 Å². The molecule has 0 aliphatic carbocycles. The Hall–Kier alpha value is -3.15. The molecule has 0 saturated carbocycles. The van der Waals surface area contributed by atoms with Crippen LogP contribution in [-0.4, -0.2) is 33.0 Å². The van der Waals surface area contributed by atoms with Crippen molar-refractivity contribution in [1.82, 2.24) is 4.90 Å². The Kier molecular flexibility index (Phi) is 4.45. The van der Waals surface area contributed by atoms with Crippen molar-refractivity contribution in [2.75, 3.05) is 0 Å². The van der Waals surface area contributed by atoms with E-state index in [1.165, 1.54) is 35.3 Å². The molecule has 0 atom stereocenters. The molecule has 2 rings (SSSR count). The van der Waals surface area contributed by atoms with Crippen molar-refractivity contribution in [3.05, 3.63) is 71.0 Å². The van der Waals surface area contributed by atoms with E-state index in [2.05, 4.69) is 6.58 Å². The van der Waals surface area contributed by atoms with E-state index in [1.54, 1.807) is 13.0 Å². The first-order chi connectivity index (χ1) is 10.9. The molecule has 23 heavy (non-hydrogen) atoms. The molecule has 0 radical (unpaired) electrons. The smallest absolute Gasteiger partial charge is 0.337 e. The van der Waals surface area contributed by atoms with Crippen molar-refractivity contribution in [1.29, 1.82) is 0 Å². The van der Waals surface area contributed by atoms with Crippen LogP contribution in [0.3, 0.4) is 0 Å². The fourth-order valence-electron chi connectivity index (χ4n) is 2.47. The highest BCUT2D eigenvalue weighted by molar-refractivity contribution is 6.03. The van der Waals surface area contributed by atoms with Crippen LogP contribution in [0.2, 0.25) is 0 Å². The van der Waals surface area contributed by atoms with Gasteiger partial charge in [0.25, 0.3) is 5.91 Å². The summed E-state index contributed by atoms with van der Waals surface area (Å²) >= 11 is 0. The quantitative estimate of drug-likeness (QED) is 0.643. The predicted molar refractivity (Wildman–Crippen MR) is 82.9 cm³/mol. The van der Waals surface area contributed by atoms with Crippen LogP contribution in [0.4, 0.5) is 0 Å². The van der Waals surface area contributed by atoms with Crippen LogP contribution in [0.1, 0.15) is 33.2 Å². The van der Waals surface area contributed by atoms with Crippen LogP contribution in [-0.2, 0) is 11.3 Å². The lowest BCUT2D eigenvalue weighted by Crippen LogP contribution is -2.26. The van der Waals surface area contributed by atoms with Gasteiger partial charge in [-0.25, -0.2) is 9.59 Å². The molecule has 6 heteroatoms. The van der Waals surface area contributed by atoms with E-state index in [-0.39, 0.29) is 28.9 Å². The molecular weight excluding hydrogens is 298 g/mol. The standard InChI is InChI=1S/C17H15NO5/c1-3-5-12(17(22)23)14(4-2)18-9-11-7-6-10(16(20)21)8-13(11)15(18)19/h3-8H,1,9H2,2H3,(H,20,21)(H,22,23)/b12-5+,14-4+. The molecule has 1 aromatic rings. The molecule has 118 valence electrons. The van der Waals surface area contributed by atoms with Crippen LogP contribution < -0.4 is 0 Å². The molecule has 0 aromatic heterocycles. The van der Waals surface area contributed by atoms with Gasteiger partial charge in [0.1, 0.15) is 0 Å². The van der Waals surface area contributed by atoms with Crippen LogP contribution in [0.15, 0.2) is 54.3 Å². The van der Waals surface area contributed by atoms with Crippen molar-refractivity contribution < 1.29 is 24.6 Å². The Morgan fingerprint density at radius 1 is 1.30 bits per heavy atom. The number of carboxylic acids is 2. The van der Waals surface area contributed by atoms with Gasteiger partial charge in [-0.15, -0.1) is 0 Å².